The fraction of sp³-hybridized carbons (Fsp3) is 0.571. The second-order valence-electron chi connectivity index (χ2n) is 5.58. The van der Waals surface area contributed by atoms with E-state index in [0.717, 1.165) is 13.0 Å². The van der Waals surface area contributed by atoms with Crippen LogP contribution in [0.5, 0.6) is 0 Å². The number of nitrogen functional groups attached to an aromatic ring is 1. The lowest BCUT2D eigenvalue weighted by molar-refractivity contribution is 0.0527. The van der Waals surface area contributed by atoms with E-state index in [1.54, 1.807) is 19.2 Å². The Bertz CT molecular complexity index is 439. The molecule has 0 spiro atoms. The van der Waals surface area contributed by atoms with Crippen molar-refractivity contribution >= 4 is 17.5 Å². The van der Waals surface area contributed by atoms with Gasteiger partial charge >= 0.3 is 5.97 Å². The Morgan fingerprint density at radius 3 is 2.74 bits per heavy atom. The Kier molecular flexibility index (Phi) is 5.15. The van der Waals surface area contributed by atoms with Crippen molar-refractivity contribution in [2.24, 2.45) is 5.41 Å². The number of hydrogen-bond donors (Lipinski definition) is 2. The van der Waals surface area contributed by atoms with E-state index >= 15 is 0 Å². The third kappa shape index (κ3) is 4.77. The molecule has 5 nitrogen and oxygen atoms in total. The van der Waals surface area contributed by atoms with Crippen LogP contribution >= 0.6 is 0 Å². The highest BCUT2D eigenvalue weighted by Crippen LogP contribution is 2.22. The third-order valence-corrected chi connectivity index (χ3v) is 2.65. The monoisotopic (exact) mass is 265 g/mol. The van der Waals surface area contributed by atoms with Crippen LogP contribution in [0.3, 0.4) is 0 Å². The molecular weight excluding hydrogens is 242 g/mol. The van der Waals surface area contributed by atoms with Crippen molar-refractivity contribution in [1.82, 2.24) is 4.98 Å². The lowest BCUT2D eigenvalue weighted by Crippen LogP contribution is -2.16. The van der Waals surface area contributed by atoms with Gasteiger partial charge in [-0.15, -0.1) is 0 Å². The SMILES string of the molecule is CCOC(=O)c1ccnc(NCCC(C)(C)C)c1N. The highest BCUT2D eigenvalue weighted by molar-refractivity contribution is 5.97. The zero-order valence-corrected chi connectivity index (χ0v) is 12.1. The summed E-state index contributed by atoms with van der Waals surface area (Å²) in [5, 5.41) is 3.16. The summed E-state index contributed by atoms with van der Waals surface area (Å²) in [5.41, 5.74) is 6.87. The quantitative estimate of drug-likeness (QED) is 0.800. The zero-order chi connectivity index (χ0) is 14.5. The maximum Gasteiger partial charge on any atom is 0.340 e. The minimum Gasteiger partial charge on any atom is -0.462 e. The maximum atomic E-state index is 11.7. The summed E-state index contributed by atoms with van der Waals surface area (Å²) >= 11 is 0. The van der Waals surface area contributed by atoms with Gasteiger partial charge in [0.1, 0.15) is 5.82 Å². The average molecular weight is 265 g/mol. The standard InChI is InChI=1S/C14H23N3O2/c1-5-19-13(18)10-6-8-16-12(11(10)15)17-9-7-14(2,3)4/h6,8H,5,7,9,15H2,1-4H3,(H,16,17). The molecule has 3 N–H and O–H groups in total. The first-order valence-electron chi connectivity index (χ1n) is 6.50. The molecule has 0 aliphatic rings. The molecule has 5 heteroatoms. The molecule has 0 saturated carbocycles. The number of pyridine rings is 1. The summed E-state index contributed by atoms with van der Waals surface area (Å²) < 4.78 is 4.95. The maximum absolute atomic E-state index is 11.7. The number of rotatable bonds is 5. The predicted molar refractivity (Wildman–Crippen MR) is 77.2 cm³/mol. The van der Waals surface area contributed by atoms with Gasteiger partial charge in [-0.1, -0.05) is 20.8 Å². The first kappa shape index (κ1) is 15.3. The molecule has 19 heavy (non-hydrogen) atoms. The zero-order valence-electron chi connectivity index (χ0n) is 12.1. The molecule has 0 aromatic carbocycles. The van der Waals surface area contributed by atoms with E-state index in [1.807, 2.05) is 0 Å². The largest absolute Gasteiger partial charge is 0.462 e. The topological polar surface area (TPSA) is 77.2 Å². The summed E-state index contributed by atoms with van der Waals surface area (Å²) in [5.74, 6) is 0.121. The highest BCUT2D eigenvalue weighted by atomic mass is 16.5. The summed E-state index contributed by atoms with van der Waals surface area (Å²) in [6.45, 7) is 9.35. The number of esters is 1. The van der Waals surface area contributed by atoms with Gasteiger partial charge in [-0.3, -0.25) is 0 Å². The molecule has 1 aromatic heterocycles. The Labute approximate surface area is 114 Å². The number of ether oxygens (including phenoxy) is 1. The Morgan fingerprint density at radius 2 is 2.16 bits per heavy atom. The van der Waals surface area contributed by atoms with Crippen LogP contribution in [0.1, 0.15) is 44.5 Å². The summed E-state index contributed by atoms with van der Waals surface area (Å²) in [6, 6.07) is 1.57. The van der Waals surface area contributed by atoms with Crippen LogP contribution < -0.4 is 11.1 Å². The van der Waals surface area contributed by atoms with Crippen LogP contribution in [-0.2, 0) is 4.74 Å². The highest BCUT2D eigenvalue weighted by Gasteiger charge is 2.15. The summed E-state index contributed by atoms with van der Waals surface area (Å²) in [4.78, 5) is 15.9. The van der Waals surface area contributed by atoms with Crippen LogP contribution in [0.2, 0.25) is 0 Å². The molecule has 0 unspecified atom stereocenters. The van der Waals surface area contributed by atoms with Gasteiger partial charge in [0.25, 0.3) is 0 Å². The Hall–Kier alpha value is -1.78. The van der Waals surface area contributed by atoms with E-state index in [0.29, 0.717) is 23.7 Å². The molecule has 1 aromatic rings. The van der Waals surface area contributed by atoms with E-state index in [2.05, 4.69) is 31.1 Å². The van der Waals surface area contributed by atoms with Crippen LogP contribution in [-0.4, -0.2) is 24.1 Å². The number of hydrogen-bond acceptors (Lipinski definition) is 5. The van der Waals surface area contributed by atoms with Gasteiger partial charge in [0.15, 0.2) is 0 Å². The molecule has 0 aliphatic carbocycles. The van der Waals surface area contributed by atoms with E-state index < -0.39 is 5.97 Å². The molecular formula is C14H23N3O2. The van der Waals surface area contributed by atoms with Crippen molar-refractivity contribution in [3.05, 3.63) is 17.8 Å². The summed E-state index contributed by atoms with van der Waals surface area (Å²) in [7, 11) is 0. The van der Waals surface area contributed by atoms with Gasteiger partial charge in [0.2, 0.25) is 0 Å². The Balaban J connectivity index is 2.75. The average Bonchev–Trinajstić information content (AvgIpc) is 2.30. The number of nitrogens with two attached hydrogens (primary N) is 1. The third-order valence-electron chi connectivity index (χ3n) is 2.65. The smallest absolute Gasteiger partial charge is 0.340 e. The normalized spacial score (nSPS) is 11.2. The molecule has 1 heterocycles. The van der Waals surface area contributed by atoms with Crippen molar-refractivity contribution in [3.8, 4) is 0 Å². The second kappa shape index (κ2) is 6.41. The van der Waals surface area contributed by atoms with Gasteiger partial charge in [-0.25, -0.2) is 9.78 Å². The first-order valence-corrected chi connectivity index (χ1v) is 6.50. The molecule has 106 valence electrons. The fourth-order valence-electron chi connectivity index (χ4n) is 1.56. The minimum atomic E-state index is -0.415. The van der Waals surface area contributed by atoms with Crippen molar-refractivity contribution < 1.29 is 9.53 Å². The van der Waals surface area contributed by atoms with Gasteiger partial charge in [0, 0.05) is 12.7 Å². The van der Waals surface area contributed by atoms with Crippen molar-refractivity contribution in [2.45, 2.75) is 34.1 Å². The lowest BCUT2D eigenvalue weighted by atomic mass is 9.92. The molecule has 0 aliphatic heterocycles. The lowest BCUT2D eigenvalue weighted by Gasteiger charge is -2.19. The van der Waals surface area contributed by atoms with Crippen molar-refractivity contribution in [3.63, 3.8) is 0 Å². The van der Waals surface area contributed by atoms with E-state index in [1.165, 1.54) is 0 Å². The van der Waals surface area contributed by atoms with Gasteiger partial charge in [-0.2, -0.15) is 0 Å². The van der Waals surface area contributed by atoms with Gasteiger partial charge in [0.05, 0.1) is 17.9 Å². The molecule has 0 amide bonds. The number of anilines is 2. The van der Waals surface area contributed by atoms with E-state index in [-0.39, 0.29) is 5.41 Å². The number of nitrogens with zero attached hydrogens (tertiary/aromatic N) is 1. The Morgan fingerprint density at radius 1 is 1.47 bits per heavy atom. The van der Waals surface area contributed by atoms with Crippen LogP contribution in [0.4, 0.5) is 11.5 Å². The van der Waals surface area contributed by atoms with Crippen LogP contribution in [0.25, 0.3) is 0 Å². The number of carbonyl (C=O) groups excluding carboxylic acids is 1. The molecule has 0 fully saturated rings. The van der Waals surface area contributed by atoms with Crippen molar-refractivity contribution in [2.75, 3.05) is 24.2 Å². The molecule has 0 atom stereocenters. The molecule has 1 rings (SSSR count). The summed E-state index contributed by atoms with van der Waals surface area (Å²) in [6.07, 6.45) is 2.54. The number of carbonyl (C=O) groups is 1. The van der Waals surface area contributed by atoms with Crippen LogP contribution in [0.15, 0.2) is 12.3 Å². The van der Waals surface area contributed by atoms with E-state index in [9.17, 15) is 4.79 Å². The van der Waals surface area contributed by atoms with Gasteiger partial charge in [-0.05, 0) is 24.8 Å². The number of aromatic nitrogens is 1. The second-order valence-corrected chi connectivity index (χ2v) is 5.58. The first-order chi connectivity index (χ1) is 8.85. The predicted octanol–water partition coefficient (Wildman–Crippen LogP) is 2.69. The molecule has 0 radical (unpaired) electrons. The molecule has 0 bridgehead atoms. The number of nitrogens with one attached hydrogen (secondary N) is 1. The minimum absolute atomic E-state index is 0.237. The molecule has 0 saturated heterocycles. The van der Waals surface area contributed by atoms with E-state index in [4.69, 9.17) is 10.5 Å². The van der Waals surface area contributed by atoms with Gasteiger partial charge < -0.3 is 15.8 Å². The van der Waals surface area contributed by atoms with Crippen molar-refractivity contribution in [1.29, 1.82) is 0 Å². The van der Waals surface area contributed by atoms with Crippen LogP contribution in [0, 0.1) is 5.41 Å². The fourth-order valence-corrected chi connectivity index (χ4v) is 1.56.